The summed E-state index contributed by atoms with van der Waals surface area (Å²) in [6.45, 7) is 0. The van der Waals surface area contributed by atoms with Gasteiger partial charge in [-0.3, -0.25) is 0 Å². The Balaban J connectivity index is 1.25. The monoisotopic (exact) mass is 613 g/mol. The molecule has 0 amide bonds. The third kappa shape index (κ3) is 4.92. The van der Waals surface area contributed by atoms with Gasteiger partial charge in [0.05, 0.1) is 0 Å². The molecule has 0 aliphatic rings. The molecule has 0 radical (unpaired) electrons. The van der Waals surface area contributed by atoms with E-state index in [9.17, 15) is 0 Å². The summed E-state index contributed by atoms with van der Waals surface area (Å²) in [6, 6.07) is 66.9. The zero-order valence-corrected chi connectivity index (χ0v) is 26.3. The molecule has 0 fully saturated rings. The second-order valence-corrected chi connectivity index (χ2v) is 12.2. The van der Waals surface area contributed by atoms with Crippen LogP contribution >= 0.6 is 0 Å². The summed E-state index contributed by atoms with van der Waals surface area (Å²) in [4.78, 5) is 2.35. The number of anilines is 3. The SMILES string of the molecule is c1ccc(-c2ccc(N(c3ccc(-c4ccccc4)cc3)c3ccc4c(c3)c(-c3ccccc3)cc3c5ccccc5oc43)cc2)cc1. The first-order chi connectivity index (χ1) is 23.8. The van der Waals surface area contributed by atoms with Crippen LogP contribution in [-0.4, -0.2) is 0 Å². The number of hydrogen-bond donors (Lipinski definition) is 0. The van der Waals surface area contributed by atoms with E-state index in [1.54, 1.807) is 0 Å². The highest BCUT2D eigenvalue weighted by Gasteiger charge is 2.19. The maximum atomic E-state index is 6.52. The molecule has 0 spiro atoms. The van der Waals surface area contributed by atoms with Crippen molar-refractivity contribution in [2.24, 2.45) is 0 Å². The molecule has 0 aliphatic carbocycles. The number of hydrogen-bond acceptors (Lipinski definition) is 2. The first kappa shape index (κ1) is 27.9. The molecule has 8 aromatic carbocycles. The zero-order valence-electron chi connectivity index (χ0n) is 26.3. The fraction of sp³-hybridized carbons (Fsp3) is 0. The van der Waals surface area contributed by atoms with Crippen LogP contribution in [0.5, 0.6) is 0 Å². The molecule has 1 aromatic heterocycles. The second-order valence-electron chi connectivity index (χ2n) is 12.2. The fourth-order valence-corrected chi connectivity index (χ4v) is 6.89. The maximum Gasteiger partial charge on any atom is 0.143 e. The molecule has 9 rings (SSSR count). The lowest BCUT2D eigenvalue weighted by Gasteiger charge is -2.26. The van der Waals surface area contributed by atoms with Crippen molar-refractivity contribution in [1.82, 2.24) is 0 Å². The van der Waals surface area contributed by atoms with Gasteiger partial charge in [0.15, 0.2) is 0 Å². The minimum atomic E-state index is 0.904. The van der Waals surface area contributed by atoms with E-state index in [1.807, 2.05) is 6.07 Å². The van der Waals surface area contributed by atoms with Crippen molar-refractivity contribution in [3.63, 3.8) is 0 Å². The molecule has 0 bridgehead atoms. The number of fused-ring (bicyclic) bond motifs is 5. The van der Waals surface area contributed by atoms with Crippen molar-refractivity contribution in [3.05, 3.63) is 188 Å². The fourth-order valence-electron chi connectivity index (χ4n) is 6.89. The van der Waals surface area contributed by atoms with Crippen LogP contribution in [0.15, 0.2) is 192 Å². The van der Waals surface area contributed by atoms with Gasteiger partial charge in [-0.05, 0) is 93.4 Å². The molecule has 1 heterocycles. The van der Waals surface area contributed by atoms with Gasteiger partial charge < -0.3 is 9.32 Å². The van der Waals surface area contributed by atoms with Crippen molar-refractivity contribution in [2.75, 3.05) is 4.90 Å². The summed E-state index contributed by atoms with van der Waals surface area (Å²) in [5, 5.41) is 4.52. The van der Waals surface area contributed by atoms with Crippen LogP contribution in [0.4, 0.5) is 17.1 Å². The van der Waals surface area contributed by atoms with Crippen LogP contribution in [0.25, 0.3) is 66.1 Å². The average molecular weight is 614 g/mol. The van der Waals surface area contributed by atoms with Gasteiger partial charge in [0, 0.05) is 33.2 Å². The van der Waals surface area contributed by atoms with E-state index in [4.69, 9.17) is 4.42 Å². The van der Waals surface area contributed by atoms with Crippen LogP contribution in [0.2, 0.25) is 0 Å². The van der Waals surface area contributed by atoms with Gasteiger partial charge >= 0.3 is 0 Å². The van der Waals surface area contributed by atoms with Crippen molar-refractivity contribution >= 4 is 49.8 Å². The standard InChI is InChI=1S/C46H31NO/c1-4-12-32(13-5-1)34-20-24-37(25-21-34)47(38-26-22-35(23-27-38)33-14-6-2-7-15-33)39-28-29-41-43(30-39)42(36-16-8-3-9-17-36)31-44-40-18-10-11-19-45(40)48-46(41)44/h1-31H. The van der Waals surface area contributed by atoms with E-state index in [0.717, 1.165) is 49.8 Å². The van der Waals surface area contributed by atoms with Crippen LogP contribution in [0.1, 0.15) is 0 Å². The van der Waals surface area contributed by atoms with E-state index in [0.29, 0.717) is 0 Å². The van der Waals surface area contributed by atoms with Crippen LogP contribution in [0, 0.1) is 0 Å². The van der Waals surface area contributed by atoms with E-state index in [2.05, 4.69) is 187 Å². The van der Waals surface area contributed by atoms with Crippen LogP contribution in [-0.2, 0) is 0 Å². The molecular weight excluding hydrogens is 583 g/mol. The smallest absolute Gasteiger partial charge is 0.143 e. The summed E-state index contributed by atoms with van der Waals surface area (Å²) in [5.41, 5.74) is 12.2. The van der Waals surface area contributed by atoms with Gasteiger partial charge in [-0.25, -0.2) is 0 Å². The van der Waals surface area contributed by atoms with Gasteiger partial charge in [-0.1, -0.05) is 133 Å². The lowest BCUT2D eigenvalue weighted by atomic mass is 9.94. The molecule has 0 saturated carbocycles. The lowest BCUT2D eigenvalue weighted by molar-refractivity contribution is 0.672. The Bertz CT molecular complexity index is 2430. The molecule has 0 atom stereocenters. The lowest BCUT2D eigenvalue weighted by Crippen LogP contribution is -2.10. The molecule has 48 heavy (non-hydrogen) atoms. The molecule has 0 unspecified atom stereocenters. The topological polar surface area (TPSA) is 16.4 Å². The van der Waals surface area contributed by atoms with E-state index in [-0.39, 0.29) is 0 Å². The highest BCUT2D eigenvalue weighted by Crippen LogP contribution is 2.43. The third-order valence-corrected chi connectivity index (χ3v) is 9.27. The number of nitrogens with zero attached hydrogens (tertiary/aromatic N) is 1. The van der Waals surface area contributed by atoms with Gasteiger partial charge in [0.2, 0.25) is 0 Å². The zero-order chi connectivity index (χ0) is 31.9. The Hall–Kier alpha value is -6.38. The summed E-state index contributed by atoms with van der Waals surface area (Å²) in [7, 11) is 0. The maximum absolute atomic E-state index is 6.52. The highest BCUT2D eigenvalue weighted by molar-refractivity contribution is 6.19. The molecule has 2 nitrogen and oxygen atoms in total. The Labute approximate surface area is 279 Å². The second kappa shape index (κ2) is 11.8. The van der Waals surface area contributed by atoms with Crippen LogP contribution in [0.3, 0.4) is 0 Å². The summed E-state index contributed by atoms with van der Waals surface area (Å²) in [5.74, 6) is 0. The summed E-state index contributed by atoms with van der Waals surface area (Å²) >= 11 is 0. The summed E-state index contributed by atoms with van der Waals surface area (Å²) < 4.78 is 6.52. The summed E-state index contributed by atoms with van der Waals surface area (Å²) in [6.07, 6.45) is 0. The number of furan rings is 1. The largest absolute Gasteiger partial charge is 0.455 e. The van der Waals surface area contributed by atoms with Crippen molar-refractivity contribution in [3.8, 4) is 33.4 Å². The van der Waals surface area contributed by atoms with E-state index >= 15 is 0 Å². The number of benzene rings is 8. The Morgan fingerprint density at radius 3 is 1.38 bits per heavy atom. The number of rotatable bonds is 6. The average Bonchev–Trinajstić information content (AvgIpc) is 3.55. The Kier molecular flexibility index (Phi) is 6.84. The Morgan fingerprint density at radius 2 is 0.792 bits per heavy atom. The van der Waals surface area contributed by atoms with Crippen LogP contribution < -0.4 is 4.90 Å². The first-order valence-electron chi connectivity index (χ1n) is 16.3. The minimum Gasteiger partial charge on any atom is -0.455 e. The molecule has 9 aromatic rings. The highest BCUT2D eigenvalue weighted by atomic mass is 16.3. The van der Waals surface area contributed by atoms with Gasteiger partial charge in [0.1, 0.15) is 11.2 Å². The molecule has 0 aliphatic heterocycles. The normalized spacial score (nSPS) is 11.3. The third-order valence-electron chi connectivity index (χ3n) is 9.27. The molecule has 0 saturated heterocycles. The van der Waals surface area contributed by atoms with Gasteiger partial charge in [0.25, 0.3) is 0 Å². The minimum absolute atomic E-state index is 0.904. The van der Waals surface area contributed by atoms with E-state index < -0.39 is 0 Å². The number of para-hydroxylation sites is 1. The van der Waals surface area contributed by atoms with Gasteiger partial charge in [-0.2, -0.15) is 0 Å². The van der Waals surface area contributed by atoms with Crippen molar-refractivity contribution < 1.29 is 4.42 Å². The molecule has 0 N–H and O–H groups in total. The first-order valence-corrected chi connectivity index (χ1v) is 16.3. The Morgan fingerprint density at radius 1 is 0.312 bits per heavy atom. The van der Waals surface area contributed by atoms with Crippen molar-refractivity contribution in [2.45, 2.75) is 0 Å². The predicted octanol–water partition coefficient (Wildman–Crippen LogP) is 13.2. The quantitative estimate of drug-likeness (QED) is 0.185. The molecule has 2 heteroatoms. The van der Waals surface area contributed by atoms with E-state index in [1.165, 1.54) is 33.4 Å². The predicted molar refractivity (Wildman–Crippen MR) is 202 cm³/mol. The van der Waals surface area contributed by atoms with Crippen molar-refractivity contribution in [1.29, 1.82) is 0 Å². The van der Waals surface area contributed by atoms with Gasteiger partial charge in [-0.15, -0.1) is 0 Å². The molecular formula is C46H31NO. The molecule has 226 valence electrons.